The second kappa shape index (κ2) is 5.27. The van der Waals surface area contributed by atoms with Crippen molar-refractivity contribution in [2.45, 2.75) is 6.54 Å². The number of rotatable bonds is 2. The van der Waals surface area contributed by atoms with Crippen molar-refractivity contribution in [3.8, 4) is 0 Å². The smallest absolute Gasteiger partial charge is 0.317 e. The van der Waals surface area contributed by atoms with E-state index < -0.39 is 0 Å². The number of fused-ring (bicyclic) bond motifs is 1. The fraction of sp³-hybridized carbons (Fsp3) is 0.385. The van der Waals surface area contributed by atoms with Gasteiger partial charge in [-0.3, -0.25) is 0 Å². The lowest BCUT2D eigenvalue weighted by molar-refractivity contribution is 0.0531. The third-order valence-corrected chi connectivity index (χ3v) is 3.23. The number of urea groups is 1. The van der Waals surface area contributed by atoms with Gasteiger partial charge in [-0.2, -0.15) is 0 Å². The fourth-order valence-electron chi connectivity index (χ4n) is 2.15. The number of ether oxygens (including phenoxy) is 1. The fourth-order valence-corrected chi connectivity index (χ4v) is 2.15. The summed E-state index contributed by atoms with van der Waals surface area (Å²) in [6.07, 6.45) is 1.67. The molecule has 2 heterocycles. The van der Waals surface area contributed by atoms with Crippen molar-refractivity contribution < 1.29 is 9.53 Å². The minimum Gasteiger partial charge on any atom is -0.378 e. The monoisotopic (exact) mass is 260 g/mol. The van der Waals surface area contributed by atoms with Crippen LogP contribution >= 0.6 is 0 Å². The lowest BCUT2D eigenvalue weighted by atomic mass is 10.2. The van der Waals surface area contributed by atoms with Gasteiger partial charge in [-0.15, -0.1) is 0 Å². The summed E-state index contributed by atoms with van der Waals surface area (Å²) in [7, 11) is 0. The van der Waals surface area contributed by atoms with Crippen LogP contribution in [0.15, 0.2) is 24.5 Å². The number of aromatic nitrogens is 2. The summed E-state index contributed by atoms with van der Waals surface area (Å²) in [5, 5.41) is 2.92. The first-order valence-electron chi connectivity index (χ1n) is 6.35. The summed E-state index contributed by atoms with van der Waals surface area (Å²) in [5.41, 5.74) is 2.97. The van der Waals surface area contributed by atoms with Crippen molar-refractivity contribution in [3.63, 3.8) is 0 Å². The number of nitrogens with one attached hydrogen (secondary N) is 2. The van der Waals surface area contributed by atoms with E-state index in [4.69, 9.17) is 4.74 Å². The summed E-state index contributed by atoms with van der Waals surface area (Å²) in [6, 6.07) is 5.89. The second-order valence-corrected chi connectivity index (χ2v) is 4.51. The molecule has 19 heavy (non-hydrogen) atoms. The van der Waals surface area contributed by atoms with Crippen LogP contribution in [-0.4, -0.2) is 47.2 Å². The van der Waals surface area contributed by atoms with E-state index in [0.29, 0.717) is 32.8 Å². The standard InChI is InChI=1S/C13H16N4O2/c18-13(17-3-5-19-6-4-17)14-8-10-1-2-11-12(7-10)16-9-15-11/h1-2,7,9H,3-6,8H2,(H,14,18)(H,15,16). The Hall–Kier alpha value is -2.08. The molecule has 2 aromatic rings. The predicted molar refractivity (Wildman–Crippen MR) is 70.7 cm³/mol. The van der Waals surface area contributed by atoms with Gasteiger partial charge in [-0.1, -0.05) is 6.07 Å². The van der Waals surface area contributed by atoms with Crippen molar-refractivity contribution in [1.82, 2.24) is 20.2 Å². The molecule has 1 fully saturated rings. The Morgan fingerprint density at radius 3 is 3.11 bits per heavy atom. The van der Waals surface area contributed by atoms with Crippen LogP contribution in [0.5, 0.6) is 0 Å². The molecule has 0 saturated carbocycles. The van der Waals surface area contributed by atoms with Crippen molar-refractivity contribution in [1.29, 1.82) is 0 Å². The van der Waals surface area contributed by atoms with Gasteiger partial charge in [-0.05, 0) is 17.7 Å². The molecule has 2 N–H and O–H groups in total. The van der Waals surface area contributed by atoms with Gasteiger partial charge in [0.15, 0.2) is 0 Å². The Balaban J connectivity index is 1.60. The Bertz CT molecular complexity index is 575. The van der Waals surface area contributed by atoms with Crippen LogP contribution in [0.1, 0.15) is 5.56 Å². The summed E-state index contributed by atoms with van der Waals surface area (Å²) in [5.74, 6) is 0. The van der Waals surface area contributed by atoms with Crippen LogP contribution in [0.25, 0.3) is 11.0 Å². The van der Waals surface area contributed by atoms with Crippen molar-refractivity contribution >= 4 is 17.1 Å². The first-order chi connectivity index (χ1) is 9.33. The number of H-pyrrole nitrogens is 1. The maximum absolute atomic E-state index is 11.9. The molecule has 6 heteroatoms. The van der Waals surface area contributed by atoms with Crippen LogP contribution < -0.4 is 5.32 Å². The minimum absolute atomic E-state index is 0.0343. The summed E-state index contributed by atoms with van der Waals surface area (Å²) in [4.78, 5) is 20.9. The van der Waals surface area contributed by atoms with Gasteiger partial charge in [-0.25, -0.2) is 9.78 Å². The van der Waals surface area contributed by atoms with Crippen LogP contribution in [0, 0.1) is 0 Å². The Labute approximate surface area is 110 Å². The lowest BCUT2D eigenvalue weighted by Crippen LogP contribution is -2.45. The number of carbonyl (C=O) groups is 1. The third-order valence-electron chi connectivity index (χ3n) is 3.23. The zero-order valence-corrected chi connectivity index (χ0v) is 10.6. The number of benzene rings is 1. The first-order valence-corrected chi connectivity index (χ1v) is 6.35. The topological polar surface area (TPSA) is 70.2 Å². The molecule has 6 nitrogen and oxygen atoms in total. The van der Waals surface area contributed by atoms with E-state index in [9.17, 15) is 4.79 Å². The molecule has 1 aromatic heterocycles. The quantitative estimate of drug-likeness (QED) is 0.849. The van der Waals surface area contributed by atoms with Crippen molar-refractivity contribution in [2.75, 3.05) is 26.3 Å². The zero-order valence-electron chi connectivity index (χ0n) is 10.6. The van der Waals surface area contributed by atoms with E-state index in [-0.39, 0.29) is 6.03 Å². The molecule has 0 unspecified atom stereocenters. The maximum atomic E-state index is 11.9. The number of aromatic amines is 1. The molecule has 1 aromatic carbocycles. The lowest BCUT2D eigenvalue weighted by Gasteiger charge is -2.26. The van der Waals surface area contributed by atoms with Gasteiger partial charge in [0.25, 0.3) is 0 Å². The predicted octanol–water partition coefficient (Wildman–Crippen LogP) is 1.10. The molecular formula is C13H16N4O2. The minimum atomic E-state index is -0.0343. The average Bonchev–Trinajstić information content (AvgIpc) is 2.93. The van der Waals surface area contributed by atoms with Gasteiger partial charge < -0.3 is 19.9 Å². The highest BCUT2D eigenvalue weighted by Gasteiger charge is 2.16. The molecule has 0 aliphatic carbocycles. The summed E-state index contributed by atoms with van der Waals surface area (Å²) >= 11 is 0. The molecule has 1 aliphatic heterocycles. The van der Waals surface area contributed by atoms with Crippen molar-refractivity contribution in [3.05, 3.63) is 30.1 Å². The maximum Gasteiger partial charge on any atom is 0.317 e. The SMILES string of the molecule is O=C(NCc1ccc2nc[nH]c2c1)N1CCOCC1. The van der Waals surface area contributed by atoms with Crippen LogP contribution in [0.2, 0.25) is 0 Å². The van der Waals surface area contributed by atoms with E-state index in [1.165, 1.54) is 0 Å². The zero-order chi connectivity index (χ0) is 13.1. The van der Waals surface area contributed by atoms with Gasteiger partial charge in [0.2, 0.25) is 0 Å². The highest BCUT2D eigenvalue weighted by atomic mass is 16.5. The number of amides is 2. The van der Waals surface area contributed by atoms with E-state index in [1.54, 1.807) is 11.2 Å². The molecule has 1 saturated heterocycles. The molecule has 2 amide bonds. The highest BCUT2D eigenvalue weighted by Crippen LogP contribution is 2.11. The molecule has 0 spiro atoms. The van der Waals surface area contributed by atoms with E-state index in [0.717, 1.165) is 16.6 Å². The van der Waals surface area contributed by atoms with Crippen LogP contribution in [-0.2, 0) is 11.3 Å². The second-order valence-electron chi connectivity index (χ2n) is 4.51. The van der Waals surface area contributed by atoms with Gasteiger partial charge in [0.05, 0.1) is 30.6 Å². The summed E-state index contributed by atoms with van der Waals surface area (Å²) in [6.45, 7) is 3.07. The molecular weight excluding hydrogens is 244 g/mol. The van der Waals surface area contributed by atoms with Crippen molar-refractivity contribution in [2.24, 2.45) is 0 Å². The van der Waals surface area contributed by atoms with Gasteiger partial charge >= 0.3 is 6.03 Å². The number of nitrogens with zero attached hydrogens (tertiary/aromatic N) is 2. The number of imidazole rings is 1. The van der Waals surface area contributed by atoms with Crippen LogP contribution in [0.4, 0.5) is 4.79 Å². The largest absolute Gasteiger partial charge is 0.378 e. The normalized spacial score (nSPS) is 15.7. The van der Waals surface area contributed by atoms with Crippen LogP contribution in [0.3, 0.4) is 0 Å². The highest BCUT2D eigenvalue weighted by molar-refractivity contribution is 5.76. The molecule has 0 radical (unpaired) electrons. The number of hydrogen-bond acceptors (Lipinski definition) is 3. The molecule has 0 atom stereocenters. The average molecular weight is 260 g/mol. The number of hydrogen-bond donors (Lipinski definition) is 2. The van der Waals surface area contributed by atoms with Gasteiger partial charge in [0.1, 0.15) is 0 Å². The third kappa shape index (κ3) is 2.68. The Morgan fingerprint density at radius 2 is 2.26 bits per heavy atom. The molecule has 100 valence electrons. The number of morpholine rings is 1. The number of carbonyl (C=O) groups excluding carboxylic acids is 1. The first kappa shape index (κ1) is 12.0. The molecule has 1 aliphatic rings. The van der Waals surface area contributed by atoms with E-state index in [1.807, 2.05) is 18.2 Å². The summed E-state index contributed by atoms with van der Waals surface area (Å²) < 4.78 is 5.22. The molecule has 3 rings (SSSR count). The van der Waals surface area contributed by atoms with E-state index >= 15 is 0 Å². The van der Waals surface area contributed by atoms with E-state index in [2.05, 4.69) is 15.3 Å². The Kier molecular flexibility index (Phi) is 3.33. The molecule has 0 bridgehead atoms. The van der Waals surface area contributed by atoms with Gasteiger partial charge in [0, 0.05) is 19.6 Å². The Morgan fingerprint density at radius 1 is 1.42 bits per heavy atom.